The molecule has 0 aliphatic rings. The van der Waals surface area contributed by atoms with E-state index in [1.807, 2.05) is 54.6 Å². The first kappa shape index (κ1) is 20.7. The van der Waals surface area contributed by atoms with Gasteiger partial charge in [-0.05, 0) is 36.8 Å². The summed E-state index contributed by atoms with van der Waals surface area (Å²) in [5.74, 6) is 1.68. The molecule has 0 saturated heterocycles. The maximum absolute atomic E-state index is 13.0. The number of ether oxygens (including phenoxy) is 1. The van der Waals surface area contributed by atoms with Crippen LogP contribution in [0.4, 0.5) is 0 Å². The van der Waals surface area contributed by atoms with Crippen LogP contribution in [0, 0.1) is 0 Å². The lowest BCUT2D eigenvalue weighted by atomic mass is 10.1. The number of aromatic nitrogens is 5. The van der Waals surface area contributed by atoms with E-state index in [4.69, 9.17) is 9.26 Å². The van der Waals surface area contributed by atoms with Crippen LogP contribution >= 0.6 is 0 Å². The van der Waals surface area contributed by atoms with Gasteiger partial charge in [0, 0.05) is 23.5 Å². The van der Waals surface area contributed by atoms with E-state index >= 15 is 0 Å². The summed E-state index contributed by atoms with van der Waals surface area (Å²) in [6.45, 7) is 3.02. The van der Waals surface area contributed by atoms with E-state index in [1.165, 1.54) is 4.57 Å². The van der Waals surface area contributed by atoms with Gasteiger partial charge in [0.25, 0.3) is 5.56 Å². The number of fused-ring (bicyclic) bond motifs is 1. The molecule has 0 unspecified atom stereocenters. The topological polar surface area (TPSA) is 87.5 Å². The average Bonchev–Trinajstić information content (AvgIpc) is 3.50. The van der Waals surface area contributed by atoms with Crippen molar-refractivity contribution >= 4 is 5.52 Å². The second-order valence-electron chi connectivity index (χ2n) is 7.69. The molecule has 5 aromatic rings. The summed E-state index contributed by atoms with van der Waals surface area (Å²) in [7, 11) is 0. The summed E-state index contributed by atoms with van der Waals surface area (Å²) in [4.78, 5) is 17.5. The molecule has 0 aliphatic heterocycles. The first-order valence-electron chi connectivity index (χ1n) is 10.9. The quantitative estimate of drug-likeness (QED) is 0.331. The van der Waals surface area contributed by atoms with E-state index in [-0.39, 0.29) is 12.1 Å². The fraction of sp³-hybridized carbons (Fsp3) is 0.200. The lowest BCUT2D eigenvalue weighted by Gasteiger charge is -2.05. The van der Waals surface area contributed by atoms with E-state index in [2.05, 4.69) is 22.2 Å². The van der Waals surface area contributed by atoms with Crippen LogP contribution < -0.4 is 10.3 Å². The van der Waals surface area contributed by atoms with Gasteiger partial charge in [-0.1, -0.05) is 48.8 Å². The highest BCUT2D eigenvalue weighted by Gasteiger charge is 2.13. The molecule has 0 atom stereocenters. The van der Waals surface area contributed by atoms with Gasteiger partial charge in [-0.2, -0.15) is 10.1 Å². The van der Waals surface area contributed by atoms with Crippen molar-refractivity contribution in [3.8, 4) is 28.4 Å². The Morgan fingerprint density at radius 1 is 1.00 bits per heavy atom. The molecule has 5 rings (SSSR count). The van der Waals surface area contributed by atoms with Crippen molar-refractivity contribution in [1.82, 2.24) is 24.3 Å². The van der Waals surface area contributed by atoms with Crippen LogP contribution in [0.2, 0.25) is 0 Å². The molecule has 0 saturated carbocycles. The van der Waals surface area contributed by atoms with Crippen molar-refractivity contribution in [3.63, 3.8) is 0 Å². The predicted octanol–water partition coefficient (Wildman–Crippen LogP) is 4.44. The summed E-state index contributed by atoms with van der Waals surface area (Å²) in [6, 6.07) is 19.1. The van der Waals surface area contributed by atoms with Crippen molar-refractivity contribution in [2.75, 3.05) is 6.61 Å². The molecule has 0 spiro atoms. The van der Waals surface area contributed by atoms with E-state index in [9.17, 15) is 4.79 Å². The summed E-state index contributed by atoms with van der Waals surface area (Å²) in [6.07, 6.45) is 5.54. The predicted molar refractivity (Wildman–Crippen MR) is 124 cm³/mol. The molecule has 0 aliphatic carbocycles. The minimum atomic E-state index is -0.185. The fourth-order valence-corrected chi connectivity index (χ4v) is 3.52. The Labute approximate surface area is 190 Å². The number of hydrogen-bond acceptors (Lipinski definition) is 6. The number of unbranched alkanes of at least 4 members (excludes halogenated alkanes) is 1. The third kappa shape index (κ3) is 4.41. The van der Waals surface area contributed by atoms with Crippen molar-refractivity contribution < 1.29 is 9.26 Å². The molecule has 3 aromatic heterocycles. The normalized spacial score (nSPS) is 11.2. The second-order valence-corrected chi connectivity index (χ2v) is 7.69. The van der Waals surface area contributed by atoms with Gasteiger partial charge < -0.3 is 13.8 Å². The molecule has 0 bridgehead atoms. The Hall–Kier alpha value is -4.20. The number of nitrogens with zero attached hydrogens (tertiary/aromatic N) is 5. The van der Waals surface area contributed by atoms with Gasteiger partial charge in [-0.3, -0.25) is 4.79 Å². The van der Waals surface area contributed by atoms with Crippen LogP contribution in [-0.2, 0) is 6.54 Å². The van der Waals surface area contributed by atoms with Crippen molar-refractivity contribution in [3.05, 3.63) is 89.3 Å². The van der Waals surface area contributed by atoms with Crippen molar-refractivity contribution in [2.24, 2.45) is 0 Å². The molecule has 8 heteroatoms. The third-order valence-electron chi connectivity index (χ3n) is 5.33. The zero-order valence-electron chi connectivity index (χ0n) is 18.2. The van der Waals surface area contributed by atoms with Crippen LogP contribution in [0.1, 0.15) is 25.7 Å². The maximum atomic E-state index is 13.0. The molecule has 0 N–H and O–H groups in total. The molecule has 2 aromatic carbocycles. The van der Waals surface area contributed by atoms with Gasteiger partial charge in [-0.15, -0.1) is 0 Å². The van der Waals surface area contributed by atoms with E-state index < -0.39 is 0 Å². The molecular weight excluding hydrogens is 418 g/mol. The summed E-state index contributed by atoms with van der Waals surface area (Å²) in [5, 5.41) is 8.57. The smallest absolute Gasteiger partial charge is 0.277 e. The third-order valence-corrected chi connectivity index (χ3v) is 5.33. The number of hydrogen-bond donors (Lipinski definition) is 0. The molecule has 166 valence electrons. The molecule has 8 nitrogen and oxygen atoms in total. The van der Waals surface area contributed by atoms with Gasteiger partial charge in [0.1, 0.15) is 17.8 Å². The van der Waals surface area contributed by atoms with Crippen LogP contribution in [-0.4, -0.2) is 30.9 Å². The maximum Gasteiger partial charge on any atom is 0.277 e. The Kier molecular flexibility index (Phi) is 5.72. The van der Waals surface area contributed by atoms with E-state index in [1.54, 1.807) is 23.0 Å². The lowest BCUT2D eigenvalue weighted by Crippen LogP contribution is -2.21. The molecule has 0 radical (unpaired) electrons. The van der Waals surface area contributed by atoms with Crippen LogP contribution in [0.3, 0.4) is 0 Å². The molecular formula is C25H23N5O3. The highest BCUT2D eigenvalue weighted by atomic mass is 16.5. The van der Waals surface area contributed by atoms with Gasteiger partial charge >= 0.3 is 0 Å². The van der Waals surface area contributed by atoms with Crippen molar-refractivity contribution in [1.29, 1.82) is 0 Å². The first-order chi connectivity index (χ1) is 16.2. The standard InChI is InChI=1S/C25H23N5O3/c1-2-3-15-32-20-11-9-18(10-12-20)21-16-22-25(31)29(13-14-30(22)27-21)17-23-26-24(28-33-23)19-7-5-4-6-8-19/h4-14,16H,2-3,15,17H2,1H3. The Balaban J connectivity index is 1.37. The van der Waals surface area contributed by atoms with Gasteiger partial charge in [0.2, 0.25) is 11.7 Å². The van der Waals surface area contributed by atoms with E-state index in [0.29, 0.717) is 29.5 Å². The SMILES string of the molecule is CCCCOc1ccc(-c2cc3c(=O)n(Cc4nc(-c5ccccc5)no4)ccn3n2)cc1. The fourth-order valence-electron chi connectivity index (χ4n) is 3.52. The highest BCUT2D eigenvalue weighted by molar-refractivity contribution is 5.66. The first-order valence-corrected chi connectivity index (χ1v) is 10.9. The zero-order valence-corrected chi connectivity index (χ0v) is 18.2. The van der Waals surface area contributed by atoms with Crippen molar-refractivity contribution in [2.45, 2.75) is 26.3 Å². The summed E-state index contributed by atoms with van der Waals surface area (Å²) >= 11 is 0. The zero-order chi connectivity index (χ0) is 22.6. The minimum absolute atomic E-state index is 0.180. The van der Waals surface area contributed by atoms with Crippen LogP contribution in [0.5, 0.6) is 5.75 Å². The Bertz CT molecular complexity index is 1420. The van der Waals surface area contributed by atoms with E-state index in [0.717, 1.165) is 29.7 Å². The monoisotopic (exact) mass is 441 g/mol. The molecule has 0 fully saturated rings. The van der Waals surface area contributed by atoms with Crippen LogP contribution in [0.25, 0.3) is 28.2 Å². The Morgan fingerprint density at radius 2 is 1.82 bits per heavy atom. The molecule has 0 amide bonds. The second kappa shape index (κ2) is 9.12. The minimum Gasteiger partial charge on any atom is -0.494 e. The molecule has 33 heavy (non-hydrogen) atoms. The number of rotatable bonds is 8. The lowest BCUT2D eigenvalue weighted by molar-refractivity contribution is 0.309. The van der Waals surface area contributed by atoms with Gasteiger partial charge in [0.05, 0.1) is 12.3 Å². The number of benzene rings is 2. The molecule has 3 heterocycles. The average molecular weight is 441 g/mol. The van der Waals surface area contributed by atoms with Gasteiger partial charge in [-0.25, -0.2) is 4.52 Å². The highest BCUT2D eigenvalue weighted by Crippen LogP contribution is 2.22. The van der Waals surface area contributed by atoms with Gasteiger partial charge in [0.15, 0.2) is 0 Å². The van der Waals surface area contributed by atoms with Crippen LogP contribution in [0.15, 0.2) is 82.4 Å². The largest absolute Gasteiger partial charge is 0.494 e. The Morgan fingerprint density at radius 3 is 2.61 bits per heavy atom. The summed E-state index contributed by atoms with van der Waals surface area (Å²) < 4.78 is 14.2. The summed E-state index contributed by atoms with van der Waals surface area (Å²) in [5.41, 5.74) is 2.78.